The molecule has 0 aliphatic carbocycles. The molecule has 1 amide bonds. The summed E-state index contributed by atoms with van der Waals surface area (Å²) < 4.78 is 0. The standard InChI is InChI=1S/C10H13N3O3S/c1-5-8(6(2)12-11-5)9(14)13-4-17-3-7(13)10(15)16/h7H,3-4H2,1-2H3,(H,11,12)(H,15,16)/t7-/m0/s1. The highest BCUT2D eigenvalue weighted by molar-refractivity contribution is 7.99. The lowest BCUT2D eigenvalue weighted by Crippen LogP contribution is -2.42. The lowest BCUT2D eigenvalue weighted by molar-refractivity contribution is -0.140. The van der Waals surface area contributed by atoms with Crippen LogP contribution < -0.4 is 0 Å². The van der Waals surface area contributed by atoms with E-state index in [9.17, 15) is 9.59 Å². The molecule has 0 radical (unpaired) electrons. The maximum Gasteiger partial charge on any atom is 0.327 e. The average Bonchev–Trinajstić information content (AvgIpc) is 2.85. The number of rotatable bonds is 2. The average molecular weight is 255 g/mol. The number of thioether (sulfide) groups is 1. The van der Waals surface area contributed by atoms with Gasteiger partial charge in [-0.2, -0.15) is 5.10 Å². The third-order valence-corrected chi connectivity index (χ3v) is 3.78. The van der Waals surface area contributed by atoms with E-state index in [4.69, 9.17) is 5.11 Å². The first-order valence-corrected chi connectivity index (χ1v) is 6.31. The van der Waals surface area contributed by atoms with Crippen molar-refractivity contribution in [3.63, 3.8) is 0 Å². The molecule has 1 aromatic rings. The normalized spacial score (nSPS) is 19.6. The number of aryl methyl sites for hydroxylation is 2. The Morgan fingerprint density at radius 3 is 2.76 bits per heavy atom. The Balaban J connectivity index is 2.29. The minimum atomic E-state index is -0.956. The molecule has 0 unspecified atom stereocenters. The Morgan fingerprint density at radius 2 is 2.24 bits per heavy atom. The van der Waals surface area contributed by atoms with Crippen molar-refractivity contribution in [1.29, 1.82) is 0 Å². The second-order valence-electron chi connectivity index (χ2n) is 3.94. The van der Waals surface area contributed by atoms with Gasteiger partial charge in [0, 0.05) is 11.4 Å². The van der Waals surface area contributed by atoms with Gasteiger partial charge in [0.15, 0.2) is 0 Å². The van der Waals surface area contributed by atoms with E-state index in [2.05, 4.69) is 10.2 Å². The Labute approximate surface area is 102 Å². The van der Waals surface area contributed by atoms with Crippen molar-refractivity contribution in [2.75, 3.05) is 11.6 Å². The quantitative estimate of drug-likeness (QED) is 0.809. The van der Waals surface area contributed by atoms with Crippen molar-refractivity contribution >= 4 is 23.6 Å². The Hall–Kier alpha value is -1.50. The summed E-state index contributed by atoms with van der Waals surface area (Å²) in [6.07, 6.45) is 0. The minimum absolute atomic E-state index is 0.258. The molecule has 0 aromatic carbocycles. The number of carboxylic acids is 1. The van der Waals surface area contributed by atoms with Crippen LogP contribution in [0.2, 0.25) is 0 Å². The topological polar surface area (TPSA) is 86.3 Å². The Bertz CT molecular complexity index is 452. The van der Waals surface area contributed by atoms with Gasteiger partial charge in [0.2, 0.25) is 0 Å². The molecule has 1 saturated heterocycles. The van der Waals surface area contributed by atoms with Crippen molar-refractivity contribution in [3.05, 3.63) is 17.0 Å². The number of carboxylic acid groups (broad SMARTS) is 1. The van der Waals surface area contributed by atoms with E-state index < -0.39 is 12.0 Å². The first-order valence-electron chi connectivity index (χ1n) is 5.15. The SMILES string of the molecule is Cc1n[nH]c(C)c1C(=O)N1CSC[C@H]1C(=O)O. The Kier molecular flexibility index (Phi) is 3.10. The first-order chi connectivity index (χ1) is 8.02. The zero-order chi connectivity index (χ0) is 12.6. The molecule has 1 fully saturated rings. The van der Waals surface area contributed by atoms with Gasteiger partial charge in [0.25, 0.3) is 5.91 Å². The van der Waals surface area contributed by atoms with Crippen molar-refractivity contribution in [2.24, 2.45) is 0 Å². The highest BCUT2D eigenvalue weighted by Crippen LogP contribution is 2.24. The van der Waals surface area contributed by atoms with Crippen LogP contribution in [0.25, 0.3) is 0 Å². The molecular formula is C10H13N3O3S. The Morgan fingerprint density at radius 1 is 1.53 bits per heavy atom. The molecule has 0 saturated carbocycles. The van der Waals surface area contributed by atoms with Crippen LogP contribution in [0.3, 0.4) is 0 Å². The lowest BCUT2D eigenvalue weighted by Gasteiger charge is -2.20. The number of H-pyrrole nitrogens is 1. The minimum Gasteiger partial charge on any atom is -0.480 e. The molecule has 0 bridgehead atoms. The summed E-state index contributed by atoms with van der Waals surface area (Å²) in [5.41, 5.74) is 1.76. The fraction of sp³-hybridized carbons (Fsp3) is 0.500. The molecule has 7 heteroatoms. The second kappa shape index (κ2) is 4.40. The number of carbonyl (C=O) groups excluding carboxylic acids is 1. The molecule has 2 heterocycles. The number of amides is 1. The van der Waals surface area contributed by atoms with E-state index >= 15 is 0 Å². The van der Waals surface area contributed by atoms with Crippen LogP contribution in [0.4, 0.5) is 0 Å². The molecule has 0 spiro atoms. The van der Waals surface area contributed by atoms with E-state index in [1.54, 1.807) is 13.8 Å². The molecule has 6 nitrogen and oxygen atoms in total. The summed E-state index contributed by atoms with van der Waals surface area (Å²) in [7, 11) is 0. The smallest absolute Gasteiger partial charge is 0.327 e. The number of hydrogen-bond acceptors (Lipinski definition) is 4. The summed E-state index contributed by atoms with van der Waals surface area (Å²) in [5, 5.41) is 15.7. The van der Waals surface area contributed by atoms with Crippen molar-refractivity contribution < 1.29 is 14.7 Å². The molecule has 17 heavy (non-hydrogen) atoms. The number of carbonyl (C=O) groups is 2. The van der Waals surface area contributed by atoms with Gasteiger partial charge < -0.3 is 10.0 Å². The zero-order valence-corrected chi connectivity index (χ0v) is 10.4. The van der Waals surface area contributed by atoms with E-state index in [1.165, 1.54) is 16.7 Å². The number of aliphatic carboxylic acids is 1. The molecule has 2 N–H and O–H groups in total. The third kappa shape index (κ3) is 2.02. The third-order valence-electron chi connectivity index (χ3n) is 2.77. The van der Waals surface area contributed by atoms with Crippen LogP contribution in [0.15, 0.2) is 0 Å². The van der Waals surface area contributed by atoms with Gasteiger partial charge in [-0.15, -0.1) is 11.8 Å². The summed E-state index contributed by atoms with van der Waals surface area (Å²) in [5.74, 6) is -0.357. The molecule has 92 valence electrons. The second-order valence-corrected chi connectivity index (χ2v) is 4.94. The molecular weight excluding hydrogens is 242 g/mol. The highest BCUT2D eigenvalue weighted by Gasteiger charge is 2.36. The van der Waals surface area contributed by atoms with Crippen molar-refractivity contribution in [1.82, 2.24) is 15.1 Å². The van der Waals surface area contributed by atoms with E-state index in [0.29, 0.717) is 28.6 Å². The molecule has 2 rings (SSSR count). The van der Waals surface area contributed by atoms with Crippen LogP contribution in [-0.4, -0.2) is 49.8 Å². The summed E-state index contributed by atoms with van der Waals surface area (Å²) in [6.45, 7) is 3.49. The van der Waals surface area contributed by atoms with Gasteiger partial charge in [-0.3, -0.25) is 9.89 Å². The number of nitrogens with zero attached hydrogens (tertiary/aromatic N) is 2. The fourth-order valence-electron chi connectivity index (χ4n) is 1.86. The van der Waals surface area contributed by atoms with Gasteiger partial charge >= 0.3 is 5.97 Å². The summed E-state index contributed by atoms with van der Waals surface area (Å²) in [4.78, 5) is 24.7. The number of nitrogens with one attached hydrogen (secondary N) is 1. The predicted octanol–water partition coefficient (Wildman–Crippen LogP) is 0.626. The zero-order valence-electron chi connectivity index (χ0n) is 9.56. The van der Waals surface area contributed by atoms with Crippen molar-refractivity contribution in [2.45, 2.75) is 19.9 Å². The van der Waals surface area contributed by atoms with Crippen LogP contribution >= 0.6 is 11.8 Å². The van der Waals surface area contributed by atoms with Crippen LogP contribution in [0.5, 0.6) is 0 Å². The van der Waals surface area contributed by atoms with Crippen LogP contribution in [0, 0.1) is 13.8 Å². The summed E-state index contributed by atoms with van der Waals surface area (Å²) >= 11 is 1.45. The summed E-state index contributed by atoms with van der Waals surface area (Å²) in [6, 6.07) is -0.735. The molecule has 1 atom stereocenters. The highest BCUT2D eigenvalue weighted by atomic mass is 32.2. The fourth-order valence-corrected chi connectivity index (χ4v) is 3.00. The van der Waals surface area contributed by atoms with E-state index in [-0.39, 0.29) is 5.91 Å². The van der Waals surface area contributed by atoms with Gasteiger partial charge in [-0.1, -0.05) is 0 Å². The molecule has 1 aliphatic rings. The largest absolute Gasteiger partial charge is 0.480 e. The van der Waals surface area contributed by atoms with Gasteiger partial charge in [-0.25, -0.2) is 4.79 Å². The first kappa shape index (κ1) is 12.0. The number of hydrogen-bond donors (Lipinski definition) is 2. The predicted molar refractivity (Wildman–Crippen MR) is 63.0 cm³/mol. The molecule has 1 aliphatic heterocycles. The maximum atomic E-state index is 12.3. The molecule has 1 aromatic heterocycles. The van der Waals surface area contributed by atoms with Crippen LogP contribution in [-0.2, 0) is 4.79 Å². The van der Waals surface area contributed by atoms with E-state index in [1.807, 2.05) is 0 Å². The lowest BCUT2D eigenvalue weighted by atomic mass is 10.1. The van der Waals surface area contributed by atoms with Gasteiger partial charge in [0.05, 0.1) is 17.1 Å². The van der Waals surface area contributed by atoms with Gasteiger partial charge in [0.1, 0.15) is 6.04 Å². The maximum absolute atomic E-state index is 12.3. The van der Waals surface area contributed by atoms with Crippen LogP contribution in [0.1, 0.15) is 21.7 Å². The van der Waals surface area contributed by atoms with Gasteiger partial charge in [-0.05, 0) is 13.8 Å². The number of aromatic nitrogens is 2. The number of aromatic amines is 1. The monoisotopic (exact) mass is 255 g/mol. The van der Waals surface area contributed by atoms with E-state index in [0.717, 1.165) is 0 Å². The van der Waals surface area contributed by atoms with Crippen molar-refractivity contribution in [3.8, 4) is 0 Å².